The first kappa shape index (κ1) is 21.2. The van der Waals surface area contributed by atoms with E-state index in [2.05, 4.69) is 40.7 Å². The van der Waals surface area contributed by atoms with Crippen molar-refractivity contribution in [2.45, 2.75) is 26.3 Å². The maximum absolute atomic E-state index is 14.7. The summed E-state index contributed by atoms with van der Waals surface area (Å²) in [6.07, 6.45) is 3.81. The first-order valence-electron chi connectivity index (χ1n) is 10.4. The van der Waals surface area contributed by atoms with Crippen molar-refractivity contribution in [1.82, 2.24) is 9.97 Å². The van der Waals surface area contributed by atoms with E-state index in [9.17, 15) is 4.39 Å². The van der Waals surface area contributed by atoms with Crippen molar-refractivity contribution in [1.29, 1.82) is 0 Å². The van der Waals surface area contributed by atoms with Crippen LogP contribution in [0.4, 0.5) is 27.3 Å². The maximum Gasteiger partial charge on any atom is 0.154 e. The Bertz CT molecular complexity index is 1190. The molecule has 3 aromatic rings. The molecule has 0 fully saturated rings. The smallest absolute Gasteiger partial charge is 0.154 e. The van der Waals surface area contributed by atoms with Crippen LogP contribution in [0.25, 0.3) is 5.70 Å². The van der Waals surface area contributed by atoms with Crippen LogP contribution in [0.3, 0.4) is 0 Å². The summed E-state index contributed by atoms with van der Waals surface area (Å²) >= 11 is 0. The lowest BCUT2D eigenvalue weighted by atomic mass is 10.0. The zero-order valence-electron chi connectivity index (χ0n) is 18.1. The van der Waals surface area contributed by atoms with Gasteiger partial charge in [0, 0.05) is 5.69 Å². The third-order valence-electron chi connectivity index (χ3n) is 5.34. The number of nitrogens with one attached hydrogen (secondary N) is 2. The van der Waals surface area contributed by atoms with E-state index >= 15 is 0 Å². The van der Waals surface area contributed by atoms with E-state index in [4.69, 9.17) is 4.99 Å². The summed E-state index contributed by atoms with van der Waals surface area (Å²) in [7, 11) is 0. The van der Waals surface area contributed by atoms with Gasteiger partial charge in [0.05, 0.1) is 28.7 Å². The minimum atomic E-state index is -0.346. The highest BCUT2D eigenvalue weighted by molar-refractivity contribution is 6.16. The molecule has 1 aliphatic heterocycles. The van der Waals surface area contributed by atoms with E-state index in [1.165, 1.54) is 12.4 Å². The number of hydrogen-bond acceptors (Lipinski definition) is 6. The number of halogens is 1. The molecule has 7 heteroatoms. The topological polar surface area (TPSA) is 65.4 Å². The molecule has 1 aromatic heterocycles. The lowest BCUT2D eigenvalue weighted by molar-refractivity contribution is 0.623. The van der Waals surface area contributed by atoms with Crippen molar-refractivity contribution < 1.29 is 4.39 Å². The molecule has 6 nitrogen and oxygen atoms in total. The maximum atomic E-state index is 14.7. The predicted molar refractivity (Wildman–Crippen MR) is 130 cm³/mol. The van der Waals surface area contributed by atoms with E-state index in [1.807, 2.05) is 42.2 Å². The van der Waals surface area contributed by atoms with Crippen LogP contribution in [0.2, 0.25) is 0 Å². The Kier molecular flexibility index (Phi) is 5.98. The Morgan fingerprint density at radius 2 is 1.91 bits per heavy atom. The van der Waals surface area contributed by atoms with Crippen LogP contribution in [0.15, 0.2) is 79.2 Å². The van der Waals surface area contributed by atoms with Crippen LogP contribution in [-0.4, -0.2) is 21.8 Å². The van der Waals surface area contributed by atoms with Crippen molar-refractivity contribution in [3.63, 3.8) is 0 Å². The Morgan fingerprint density at radius 3 is 2.62 bits per heavy atom. The molecule has 0 aliphatic carbocycles. The quantitative estimate of drug-likeness (QED) is 0.491. The normalized spacial score (nSPS) is 13.8. The summed E-state index contributed by atoms with van der Waals surface area (Å²) in [6, 6.07) is 14.4. The third kappa shape index (κ3) is 3.85. The van der Waals surface area contributed by atoms with Gasteiger partial charge in [0.25, 0.3) is 0 Å². The standard InChI is InChI=1S/C25H25FN6/c1-5-20(30-24-23(27-6-2)16(3)28-15-29-24)25-31-21-14-10-13-19(26)22(21)17(4)32(25)18-11-8-7-9-12-18/h6-15,20,27H,2,4-5H2,1,3H3,(H,28,29,30). The first-order valence-corrected chi connectivity index (χ1v) is 10.4. The number of hydrogen-bond donors (Lipinski definition) is 2. The molecule has 2 heterocycles. The number of fused-ring (bicyclic) bond motifs is 1. The van der Waals surface area contributed by atoms with E-state index in [1.54, 1.807) is 18.3 Å². The lowest BCUT2D eigenvalue weighted by Gasteiger charge is -2.36. The van der Waals surface area contributed by atoms with Gasteiger partial charge in [0.2, 0.25) is 0 Å². The van der Waals surface area contributed by atoms with Crippen molar-refractivity contribution >= 4 is 34.4 Å². The van der Waals surface area contributed by atoms with Gasteiger partial charge in [-0.05, 0) is 43.8 Å². The number of benzene rings is 2. The average Bonchev–Trinajstić information content (AvgIpc) is 2.80. The minimum absolute atomic E-state index is 0.233. The number of amidine groups is 1. The molecule has 1 aliphatic rings. The number of aryl methyl sites for hydroxylation is 1. The molecular weight excluding hydrogens is 403 g/mol. The second-order valence-electron chi connectivity index (χ2n) is 7.36. The monoisotopic (exact) mass is 428 g/mol. The van der Waals surface area contributed by atoms with Crippen LogP contribution < -0.4 is 15.5 Å². The Labute approximate surface area is 187 Å². The minimum Gasteiger partial charge on any atom is -0.358 e. The molecule has 32 heavy (non-hydrogen) atoms. The highest BCUT2D eigenvalue weighted by Crippen LogP contribution is 2.39. The zero-order valence-corrected chi connectivity index (χ0v) is 18.1. The summed E-state index contributed by atoms with van der Waals surface area (Å²) in [5, 5.41) is 6.60. The van der Waals surface area contributed by atoms with Crippen molar-refractivity contribution in [2.24, 2.45) is 4.99 Å². The van der Waals surface area contributed by atoms with Crippen LogP contribution in [0.5, 0.6) is 0 Å². The van der Waals surface area contributed by atoms with E-state index in [0.29, 0.717) is 35.0 Å². The summed E-state index contributed by atoms with van der Waals surface area (Å²) in [5.74, 6) is 0.999. The van der Waals surface area contributed by atoms with Gasteiger partial charge in [-0.1, -0.05) is 44.3 Å². The number of para-hydroxylation sites is 1. The summed E-state index contributed by atoms with van der Waals surface area (Å²) in [6.45, 7) is 11.9. The Hall–Kier alpha value is -4.00. The molecule has 4 rings (SSSR count). The molecule has 2 N–H and O–H groups in total. The number of aliphatic imine (C=N–C) groups is 1. The molecule has 0 amide bonds. The second-order valence-corrected chi connectivity index (χ2v) is 7.36. The molecule has 0 spiro atoms. The number of aromatic nitrogens is 2. The number of anilines is 3. The van der Waals surface area contributed by atoms with Crippen molar-refractivity contribution in [2.75, 3.05) is 15.5 Å². The summed E-state index contributed by atoms with van der Waals surface area (Å²) < 4.78 is 14.7. The van der Waals surface area contributed by atoms with E-state index < -0.39 is 0 Å². The predicted octanol–water partition coefficient (Wildman–Crippen LogP) is 5.89. The summed E-state index contributed by atoms with van der Waals surface area (Å²) in [5.41, 5.74) is 3.89. The second kappa shape index (κ2) is 9.01. The van der Waals surface area contributed by atoms with Crippen LogP contribution >= 0.6 is 0 Å². The molecule has 1 unspecified atom stereocenters. The molecule has 0 saturated heterocycles. The molecular formula is C25H25FN6. The van der Waals surface area contributed by atoms with Gasteiger partial charge in [0.15, 0.2) is 5.82 Å². The van der Waals surface area contributed by atoms with Gasteiger partial charge < -0.3 is 10.6 Å². The Balaban J connectivity index is 1.83. The Morgan fingerprint density at radius 1 is 1.12 bits per heavy atom. The van der Waals surface area contributed by atoms with Gasteiger partial charge in [-0.3, -0.25) is 4.90 Å². The average molecular weight is 429 g/mol. The molecule has 2 aromatic carbocycles. The largest absolute Gasteiger partial charge is 0.358 e. The summed E-state index contributed by atoms with van der Waals surface area (Å²) in [4.78, 5) is 15.5. The van der Waals surface area contributed by atoms with E-state index in [0.717, 1.165) is 17.1 Å². The first-order chi connectivity index (χ1) is 15.5. The van der Waals surface area contributed by atoms with Gasteiger partial charge in [-0.15, -0.1) is 0 Å². The van der Waals surface area contributed by atoms with E-state index in [-0.39, 0.29) is 11.9 Å². The van der Waals surface area contributed by atoms with Crippen LogP contribution in [0.1, 0.15) is 24.6 Å². The fourth-order valence-electron chi connectivity index (χ4n) is 3.79. The number of nitrogens with zero attached hydrogens (tertiary/aromatic N) is 4. The highest BCUT2D eigenvalue weighted by Gasteiger charge is 2.32. The fraction of sp³-hybridized carbons (Fsp3) is 0.160. The molecule has 0 radical (unpaired) electrons. The molecule has 162 valence electrons. The molecule has 1 atom stereocenters. The lowest BCUT2D eigenvalue weighted by Crippen LogP contribution is -2.43. The SMILES string of the molecule is C=CNc1c(C)ncnc1NC(CC)C1=Nc2cccc(F)c2C(=C)N1c1ccccc1. The third-order valence-corrected chi connectivity index (χ3v) is 5.34. The van der Waals surface area contributed by atoms with Crippen LogP contribution in [-0.2, 0) is 0 Å². The molecule has 0 bridgehead atoms. The van der Waals surface area contributed by atoms with Gasteiger partial charge in [-0.25, -0.2) is 19.4 Å². The fourth-order valence-corrected chi connectivity index (χ4v) is 3.79. The number of rotatable bonds is 7. The van der Waals surface area contributed by atoms with Gasteiger partial charge in [0.1, 0.15) is 23.7 Å². The van der Waals surface area contributed by atoms with Crippen molar-refractivity contribution in [3.8, 4) is 0 Å². The van der Waals surface area contributed by atoms with Gasteiger partial charge in [-0.2, -0.15) is 0 Å². The highest BCUT2D eigenvalue weighted by atomic mass is 19.1. The van der Waals surface area contributed by atoms with Gasteiger partial charge >= 0.3 is 0 Å². The van der Waals surface area contributed by atoms with Crippen molar-refractivity contribution in [3.05, 3.63) is 91.3 Å². The molecule has 0 saturated carbocycles. The van der Waals surface area contributed by atoms with Crippen LogP contribution in [0, 0.1) is 12.7 Å². The zero-order chi connectivity index (χ0) is 22.7.